The van der Waals surface area contributed by atoms with Crippen LogP contribution in [0.25, 0.3) is 0 Å². The Labute approximate surface area is 245 Å². The van der Waals surface area contributed by atoms with Crippen LogP contribution in [-0.4, -0.2) is 64.8 Å². The van der Waals surface area contributed by atoms with Crippen molar-refractivity contribution in [3.8, 4) is 0 Å². The fraction of sp³-hybridized carbons (Fsp3) is 0.867. The van der Waals surface area contributed by atoms with Crippen molar-refractivity contribution in [2.24, 2.45) is 64.5 Å². The van der Waals surface area contributed by atoms with Crippen molar-refractivity contribution in [2.75, 3.05) is 13.2 Å². The Morgan fingerprint density at radius 2 is 1.60 bits per heavy atom. The van der Waals surface area contributed by atoms with Crippen LogP contribution in [0.1, 0.15) is 78.1 Å². The second kappa shape index (κ2) is 10.1. The van der Waals surface area contributed by atoms with E-state index in [9.17, 15) is 24.3 Å². The molecule has 8 rings (SSSR count). The molecule has 234 valence electrons. The third kappa shape index (κ3) is 4.92. The van der Waals surface area contributed by atoms with Gasteiger partial charge in [0.05, 0.1) is 36.8 Å². The lowest BCUT2D eigenvalue weighted by atomic mass is 9.50. The SMILES string of the molecule is CC1(OC(=O)C2C3C(=O)OCC4(OC(=O)CCC(=O)OCCC(C)(N)C(N)(N)O)CC3CC24)C2CC3CC(C2)CC1C3. The van der Waals surface area contributed by atoms with E-state index in [1.807, 2.05) is 0 Å². The van der Waals surface area contributed by atoms with Gasteiger partial charge in [-0.2, -0.15) is 0 Å². The summed E-state index contributed by atoms with van der Waals surface area (Å²) in [4.78, 5) is 52.2. The van der Waals surface area contributed by atoms with Crippen LogP contribution in [0.2, 0.25) is 0 Å². The third-order valence-corrected chi connectivity index (χ3v) is 11.9. The first kappa shape index (κ1) is 29.8. The van der Waals surface area contributed by atoms with Crippen molar-refractivity contribution >= 4 is 23.9 Å². The first-order chi connectivity index (χ1) is 19.6. The zero-order valence-electron chi connectivity index (χ0n) is 24.5. The molecule has 8 aliphatic rings. The van der Waals surface area contributed by atoms with Gasteiger partial charge in [0.2, 0.25) is 0 Å². The van der Waals surface area contributed by atoms with Crippen molar-refractivity contribution in [1.29, 1.82) is 0 Å². The summed E-state index contributed by atoms with van der Waals surface area (Å²) in [5.41, 5.74) is 13.7. The van der Waals surface area contributed by atoms with Crippen LogP contribution in [0.5, 0.6) is 0 Å². The minimum atomic E-state index is -2.15. The molecule has 0 spiro atoms. The lowest BCUT2D eigenvalue weighted by Gasteiger charge is -2.59. The van der Waals surface area contributed by atoms with E-state index in [1.54, 1.807) is 0 Å². The number of rotatable bonds is 10. The summed E-state index contributed by atoms with van der Waals surface area (Å²) in [6.07, 6.45) is 6.22. The van der Waals surface area contributed by atoms with Gasteiger partial charge >= 0.3 is 23.9 Å². The molecule has 8 fully saturated rings. The van der Waals surface area contributed by atoms with Gasteiger partial charge in [-0.05, 0) is 88.4 Å². The second-order valence-electron chi connectivity index (χ2n) is 14.6. The maximum Gasteiger partial charge on any atom is 0.310 e. The summed E-state index contributed by atoms with van der Waals surface area (Å²) in [5, 5.41) is 9.72. The molecular formula is C30H45N3O9. The van der Waals surface area contributed by atoms with Gasteiger partial charge in [0.25, 0.3) is 0 Å². The maximum absolute atomic E-state index is 13.9. The van der Waals surface area contributed by atoms with Gasteiger partial charge in [0.1, 0.15) is 17.8 Å². The number of ether oxygens (including phenoxy) is 4. The highest BCUT2D eigenvalue weighted by Crippen LogP contribution is 2.63. The normalized spacial score (nSPS) is 42.6. The molecule has 0 aromatic heterocycles. The first-order valence-corrected chi connectivity index (χ1v) is 15.5. The van der Waals surface area contributed by atoms with Crippen LogP contribution >= 0.6 is 0 Å². The highest BCUT2D eigenvalue weighted by atomic mass is 16.6. The molecule has 7 N–H and O–H groups in total. The largest absolute Gasteiger partial charge is 0.466 e. The van der Waals surface area contributed by atoms with Crippen molar-refractivity contribution < 1.29 is 43.2 Å². The molecule has 0 amide bonds. The van der Waals surface area contributed by atoms with Gasteiger partial charge in [0.15, 0.2) is 5.85 Å². The molecular weight excluding hydrogens is 546 g/mol. The van der Waals surface area contributed by atoms with Crippen LogP contribution < -0.4 is 17.2 Å². The van der Waals surface area contributed by atoms with E-state index in [-0.39, 0.29) is 50.3 Å². The Morgan fingerprint density at radius 1 is 0.976 bits per heavy atom. The summed E-state index contributed by atoms with van der Waals surface area (Å²) >= 11 is 0. The van der Waals surface area contributed by atoms with Gasteiger partial charge in [-0.15, -0.1) is 0 Å². The van der Waals surface area contributed by atoms with Gasteiger partial charge in [-0.1, -0.05) is 0 Å². The Kier molecular flexibility index (Phi) is 7.19. The third-order valence-electron chi connectivity index (χ3n) is 11.9. The van der Waals surface area contributed by atoms with Crippen molar-refractivity contribution in [3.05, 3.63) is 0 Å². The van der Waals surface area contributed by atoms with Crippen LogP contribution in [0.15, 0.2) is 0 Å². The van der Waals surface area contributed by atoms with E-state index in [0.717, 1.165) is 37.5 Å². The van der Waals surface area contributed by atoms with E-state index in [0.29, 0.717) is 24.7 Å². The highest BCUT2D eigenvalue weighted by Gasteiger charge is 2.70. The predicted molar refractivity (Wildman–Crippen MR) is 145 cm³/mol. The number of carbonyl (C=O) groups excluding carboxylic acids is 4. The second-order valence-corrected chi connectivity index (χ2v) is 14.6. The molecule has 0 aromatic carbocycles. The van der Waals surface area contributed by atoms with Crippen LogP contribution in [-0.2, 0) is 38.1 Å². The highest BCUT2D eigenvalue weighted by molar-refractivity contribution is 5.85. The minimum absolute atomic E-state index is 0.00455. The fourth-order valence-corrected chi connectivity index (χ4v) is 9.47. The summed E-state index contributed by atoms with van der Waals surface area (Å²) in [6, 6.07) is 0. The van der Waals surface area contributed by atoms with E-state index < -0.39 is 52.3 Å². The number of nitrogens with two attached hydrogens (primary N) is 3. The Hall–Kier alpha value is -2.28. The number of aliphatic hydroxyl groups is 1. The molecule has 2 heterocycles. The molecule has 6 saturated carbocycles. The Balaban J connectivity index is 1.07. The zero-order chi connectivity index (χ0) is 30.2. The average molecular weight is 592 g/mol. The van der Waals surface area contributed by atoms with Gasteiger partial charge < -0.3 is 29.8 Å². The van der Waals surface area contributed by atoms with Gasteiger partial charge in [0, 0.05) is 12.3 Å². The van der Waals surface area contributed by atoms with Crippen LogP contribution in [0.4, 0.5) is 0 Å². The number of carbonyl (C=O) groups is 4. The molecule has 0 aromatic rings. The molecule has 6 unspecified atom stereocenters. The van der Waals surface area contributed by atoms with E-state index >= 15 is 0 Å². The van der Waals surface area contributed by atoms with Crippen molar-refractivity contribution in [1.82, 2.24) is 0 Å². The molecule has 8 bridgehead atoms. The lowest BCUT2D eigenvalue weighted by Crippen LogP contribution is -2.70. The monoisotopic (exact) mass is 591 g/mol. The van der Waals surface area contributed by atoms with Crippen LogP contribution in [0.3, 0.4) is 0 Å². The maximum atomic E-state index is 13.9. The number of esters is 4. The number of hydrogen-bond acceptors (Lipinski definition) is 12. The molecule has 6 aliphatic carbocycles. The number of fused-ring (bicyclic) bond motifs is 2. The summed E-state index contributed by atoms with van der Waals surface area (Å²) in [5.74, 6) is -3.85. The van der Waals surface area contributed by atoms with Crippen LogP contribution in [0, 0.1) is 47.3 Å². The van der Waals surface area contributed by atoms with E-state index in [1.165, 1.54) is 13.3 Å². The fourth-order valence-electron chi connectivity index (χ4n) is 9.47. The standard InChI is InChI=1S/C30H45N3O9/c1-27(31,30(32,33)38)5-6-39-21(34)3-4-22(35)41-29-13-17-12-20(29)24(23(17)25(36)40-14-29)26(37)42-28(2)18-8-15-7-16(10-18)11-19(28)9-15/h15-20,23-24,38H,3-14,31-33H2,1-2H3. The smallest absolute Gasteiger partial charge is 0.310 e. The van der Waals surface area contributed by atoms with Gasteiger partial charge in [-0.25, -0.2) is 0 Å². The summed E-state index contributed by atoms with van der Waals surface area (Å²) in [6.45, 7) is 3.27. The van der Waals surface area contributed by atoms with Crippen molar-refractivity contribution in [2.45, 2.75) is 101 Å². The Bertz CT molecular complexity index is 1120. The minimum Gasteiger partial charge on any atom is -0.466 e. The van der Waals surface area contributed by atoms with Gasteiger partial charge in [-0.3, -0.25) is 30.6 Å². The molecule has 12 heteroatoms. The summed E-state index contributed by atoms with van der Waals surface area (Å²) in [7, 11) is 0. The average Bonchev–Trinajstić information content (AvgIpc) is 3.37. The zero-order valence-corrected chi connectivity index (χ0v) is 24.5. The van der Waals surface area contributed by atoms with E-state index in [4.69, 9.17) is 36.1 Å². The molecule has 12 nitrogen and oxygen atoms in total. The van der Waals surface area contributed by atoms with E-state index in [2.05, 4.69) is 6.92 Å². The molecule has 0 radical (unpaired) electrons. The summed E-state index contributed by atoms with van der Waals surface area (Å²) < 4.78 is 23.1. The quantitative estimate of drug-likeness (QED) is 0.159. The van der Waals surface area contributed by atoms with Crippen molar-refractivity contribution in [3.63, 3.8) is 0 Å². The Morgan fingerprint density at radius 3 is 2.21 bits per heavy atom. The first-order valence-electron chi connectivity index (χ1n) is 15.5. The molecule has 2 aliphatic heterocycles. The predicted octanol–water partition coefficient (Wildman–Crippen LogP) is 0.850. The molecule has 42 heavy (non-hydrogen) atoms. The molecule has 2 saturated heterocycles. The molecule has 6 atom stereocenters. The topological polar surface area (TPSA) is 203 Å². The number of hydrogen-bond donors (Lipinski definition) is 4. The lowest BCUT2D eigenvalue weighted by molar-refractivity contribution is -0.213.